The summed E-state index contributed by atoms with van der Waals surface area (Å²) in [7, 11) is 0. The van der Waals surface area contributed by atoms with E-state index in [1.807, 2.05) is 12.1 Å². The van der Waals surface area contributed by atoms with Gasteiger partial charge in [-0.2, -0.15) is 0 Å². The first-order valence-corrected chi connectivity index (χ1v) is 8.66. The van der Waals surface area contributed by atoms with Gasteiger partial charge >= 0.3 is 5.97 Å². The van der Waals surface area contributed by atoms with Crippen LogP contribution in [0, 0.1) is 0 Å². The standard InChI is InChI=1S/C18H24ClNO3/c1-2-3-4-12-20-16(21)13-23-17(22)18(10-5-11-18)14-6-8-15(19)9-7-14/h6-9H,2-5,10-13H2,1H3,(H,20,21). The average molecular weight is 338 g/mol. The molecule has 0 atom stereocenters. The van der Waals surface area contributed by atoms with Gasteiger partial charge in [0, 0.05) is 11.6 Å². The lowest BCUT2D eigenvalue weighted by Gasteiger charge is -2.39. The van der Waals surface area contributed by atoms with Gasteiger partial charge in [-0.15, -0.1) is 0 Å². The van der Waals surface area contributed by atoms with E-state index in [-0.39, 0.29) is 18.5 Å². The number of benzene rings is 1. The summed E-state index contributed by atoms with van der Waals surface area (Å²) in [6, 6.07) is 7.30. The summed E-state index contributed by atoms with van der Waals surface area (Å²) in [5.74, 6) is -0.546. The van der Waals surface area contributed by atoms with Crippen molar-refractivity contribution < 1.29 is 14.3 Å². The van der Waals surface area contributed by atoms with Gasteiger partial charge in [0.2, 0.25) is 0 Å². The van der Waals surface area contributed by atoms with Crippen molar-refractivity contribution in [2.75, 3.05) is 13.2 Å². The van der Waals surface area contributed by atoms with E-state index in [0.29, 0.717) is 11.6 Å². The monoisotopic (exact) mass is 337 g/mol. The predicted molar refractivity (Wildman–Crippen MR) is 90.5 cm³/mol. The summed E-state index contributed by atoms with van der Waals surface area (Å²) in [5.41, 5.74) is 0.314. The average Bonchev–Trinajstić information content (AvgIpc) is 2.50. The van der Waals surface area contributed by atoms with E-state index in [9.17, 15) is 9.59 Å². The third kappa shape index (κ3) is 4.47. The molecule has 1 fully saturated rings. The minimum Gasteiger partial charge on any atom is -0.455 e. The van der Waals surface area contributed by atoms with E-state index in [1.54, 1.807) is 12.1 Å². The molecule has 0 spiro atoms. The maximum atomic E-state index is 12.5. The number of amides is 1. The van der Waals surface area contributed by atoms with Crippen LogP contribution in [-0.4, -0.2) is 25.0 Å². The number of carbonyl (C=O) groups excluding carboxylic acids is 2. The van der Waals surface area contributed by atoms with Crippen LogP contribution in [0.1, 0.15) is 51.0 Å². The Balaban J connectivity index is 1.86. The molecule has 1 aliphatic carbocycles. The van der Waals surface area contributed by atoms with Crippen molar-refractivity contribution in [3.8, 4) is 0 Å². The molecule has 0 saturated heterocycles. The first-order valence-electron chi connectivity index (χ1n) is 8.28. The van der Waals surface area contributed by atoms with Gasteiger partial charge in [-0.25, -0.2) is 0 Å². The number of rotatable bonds is 8. The predicted octanol–water partition coefficient (Wildman–Crippen LogP) is 3.61. The Morgan fingerprint density at radius 3 is 2.48 bits per heavy atom. The van der Waals surface area contributed by atoms with Gasteiger partial charge in [-0.05, 0) is 37.0 Å². The van der Waals surface area contributed by atoms with Gasteiger partial charge in [-0.3, -0.25) is 9.59 Å². The summed E-state index contributed by atoms with van der Waals surface area (Å²) < 4.78 is 5.27. The highest BCUT2D eigenvalue weighted by Gasteiger charge is 2.47. The number of unbranched alkanes of at least 4 members (excludes halogenated alkanes) is 2. The van der Waals surface area contributed by atoms with Crippen molar-refractivity contribution >= 4 is 23.5 Å². The van der Waals surface area contributed by atoms with Crippen molar-refractivity contribution in [3.05, 3.63) is 34.9 Å². The van der Waals surface area contributed by atoms with Crippen molar-refractivity contribution in [3.63, 3.8) is 0 Å². The van der Waals surface area contributed by atoms with Gasteiger partial charge < -0.3 is 10.1 Å². The lowest BCUT2D eigenvalue weighted by Crippen LogP contribution is -2.44. The molecule has 0 unspecified atom stereocenters. The minimum absolute atomic E-state index is 0.208. The molecule has 23 heavy (non-hydrogen) atoms. The summed E-state index contributed by atoms with van der Waals surface area (Å²) in [6.07, 6.45) is 5.64. The second-order valence-electron chi connectivity index (χ2n) is 6.08. The Labute approximate surface area is 142 Å². The number of hydrogen-bond acceptors (Lipinski definition) is 3. The minimum atomic E-state index is -0.604. The second-order valence-corrected chi connectivity index (χ2v) is 6.51. The van der Waals surface area contributed by atoms with Crippen LogP contribution in [0.2, 0.25) is 5.02 Å². The Morgan fingerprint density at radius 1 is 1.22 bits per heavy atom. The first-order chi connectivity index (χ1) is 11.1. The Hall–Kier alpha value is -1.55. The van der Waals surface area contributed by atoms with Crippen LogP contribution in [0.3, 0.4) is 0 Å². The number of esters is 1. The molecule has 0 aliphatic heterocycles. The molecule has 0 radical (unpaired) electrons. The van der Waals surface area contributed by atoms with Crippen molar-refractivity contribution in [1.82, 2.24) is 5.32 Å². The molecule has 0 aromatic heterocycles. The zero-order valence-electron chi connectivity index (χ0n) is 13.6. The van der Waals surface area contributed by atoms with E-state index in [0.717, 1.165) is 44.1 Å². The van der Waals surface area contributed by atoms with E-state index >= 15 is 0 Å². The molecule has 4 nitrogen and oxygen atoms in total. The fourth-order valence-corrected chi connectivity index (χ4v) is 2.96. The van der Waals surface area contributed by atoms with Crippen molar-refractivity contribution in [2.24, 2.45) is 0 Å². The maximum absolute atomic E-state index is 12.5. The summed E-state index contributed by atoms with van der Waals surface area (Å²) in [5, 5.41) is 3.42. The van der Waals surface area contributed by atoms with Crippen LogP contribution in [0.25, 0.3) is 0 Å². The van der Waals surface area contributed by atoms with Crippen LogP contribution in [0.5, 0.6) is 0 Å². The van der Waals surface area contributed by atoms with Crippen LogP contribution in [0.15, 0.2) is 24.3 Å². The number of nitrogens with one attached hydrogen (secondary N) is 1. The highest BCUT2D eigenvalue weighted by molar-refractivity contribution is 6.30. The quantitative estimate of drug-likeness (QED) is 0.582. The van der Waals surface area contributed by atoms with Crippen LogP contribution < -0.4 is 5.32 Å². The number of ether oxygens (including phenoxy) is 1. The SMILES string of the molecule is CCCCCNC(=O)COC(=O)C1(c2ccc(Cl)cc2)CCC1. The molecule has 1 N–H and O–H groups in total. The number of hydrogen-bond donors (Lipinski definition) is 1. The molecule has 2 rings (SSSR count). The van der Waals surface area contributed by atoms with Gasteiger partial charge in [0.1, 0.15) is 0 Å². The molecular formula is C18H24ClNO3. The first kappa shape index (κ1) is 17.8. The zero-order valence-corrected chi connectivity index (χ0v) is 14.3. The molecule has 1 aliphatic rings. The van der Waals surface area contributed by atoms with Gasteiger partial charge in [0.25, 0.3) is 5.91 Å². The Morgan fingerprint density at radius 2 is 1.91 bits per heavy atom. The summed E-state index contributed by atoms with van der Waals surface area (Å²) in [4.78, 5) is 24.2. The van der Waals surface area contributed by atoms with Crippen LogP contribution >= 0.6 is 11.6 Å². The maximum Gasteiger partial charge on any atom is 0.317 e. The van der Waals surface area contributed by atoms with E-state index in [4.69, 9.17) is 16.3 Å². The fourth-order valence-electron chi connectivity index (χ4n) is 2.83. The summed E-state index contributed by atoms with van der Waals surface area (Å²) in [6.45, 7) is 2.53. The van der Waals surface area contributed by atoms with Crippen LogP contribution in [-0.2, 0) is 19.7 Å². The van der Waals surface area contributed by atoms with Crippen molar-refractivity contribution in [2.45, 2.75) is 50.9 Å². The lowest BCUT2D eigenvalue weighted by molar-refractivity contribution is -0.157. The van der Waals surface area contributed by atoms with Gasteiger partial charge in [0.05, 0.1) is 5.41 Å². The molecule has 1 saturated carbocycles. The molecule has 0 heterocycles. The Bertz CT molecular complexity index is 538. The highest BCUT2D eigenvalue weighted by atomic mass is 35.5. The number of halogens is 1. The molecule has 126 valence electrons. The molecule has 1 aromatic rings. The fraction of sp³-hybridized carbons (Fsp3) is 0.556. The topological polar surface area (TPSA) is 55.4 Å². The van der Waals surface area contributed by atoms with Gasteiger partial charge in [-0.1, -0.05) is 49.9 Å². The third-order valence-electron chi connectivity index (χ3n) is 4.43. The van der Waals surface area contributed by atoms with E-state index in [1.165, 1.54) is 0 Å². The third-order valence-corrected chi connectivity index (χ3v) is 4.68. The van der Waals surface area contributed by atoms with Crippen molar-refractivity contribution in [1.29, 1.82) is 0 Å². The molecule has 5 heteroatoms. The Kier molecular flexibility index (Phi) is 6.46. The largest absolute Gasteiger partial charge is 0.455 e. The normalized spacial score (nSPS) is 15.6. The zero-order chi connectivity index (χ0) is 16.7. The van der Waals surface area contributed by atoms with E-state index < -0.39 is 5.41 Å². The van der Waals surface area contributed by atoms with Crippen LogP contribution in [0.4, 0.5) is 0 Å². The molecule has 1 amide bonds. The van der Waals surface area contributed by atoms with Gasteiger partial charge in [0.15, 0.2) is 6.61 Å². The molecule has 0 bridgehead atoms. The lowest BCUT2D eigenvalue weighted by atomic mass is 9.64. The number of carbonyl (C=O) groups is 2. The van der Waals surface area contributed by atoms with E-state index in [2.05, 4.69) is 12.2 Å². The molecule has 1 aromatic carbocycles. The summed E-state index contributed by atoms with van der Waals surface area (Å²) >= 11 is 5.91. The smallest absolute Gasteiger partial charge is 0.317 e. The molecular weight excluding hydrogens is 314 g/mol. The highest BCUT2D eigenvalue weighted by Crippen LogP contribution is 2.45. The second kappa shape index (κ2) is 8.34.